The molecular formula is C22H19N3O3S. The Bertz CT molecular complexity index is 1140. The van der Waals surface area contributed by atoms with E-state index in [9.17, 15) is 4.79 Å². The fourth-order valence-electron chi connectivity index (χ4n) is 3.02. The average Bonchev–Trinajstić information content (AvgIpc) is 3.38. The fourth-order valence-corrected chi connectivity index (χ4v) is 3.91. The Kier molecular flexibility index (Phi) is 5.48. The molecule has 0 spiro atoms. The van der Waals surface area contributed by atoms with Gasteiger partial charge in [-0.2, -0.15) is 0 Å². The SMILES string of the molecule is COC(=O)c1cccc(CSc2nnc(-c3ccoc3C)n2-c2ccccc2)c1. The lowest BCUT2D eigenvalue weighted by Crippen LogP contribution is -2.02. The molecule has 6 nitrogen and oxygen atoms in total. The van der Waals surface area contributed by atoms with Gasteiger partial charge in [-0.05, 0) is 42.8 Å². The first-order chi connectivity index (χ1) is 14.2. The molecule has 2 aromatic carbocycles. The van der Waals surface area contributed by atoms with Gasteiger partial charge in [0.15, 0.2) is 11.0 Å². The van der Waals surface area contributed by atoms with E-state index in [1.54, 1.807) is 24.1 Å². The van der Waals surface area contributed by atoms with Crippen molar-refractivity contribution >= 4 is 17.7 Å². The van der Waals surface area contributed by atoms with Crippen LogP contribution in [0.4, 0.5) is 0 Å². The number of nitrogens with zero attached hydrogens (tertiary/aromatic N) is 3. The molecule has 0 atom stereocenters. The van der Waals surface area contributed by atoms with Crippen LogP contribution in [0.3, 0.4) is 0 Å². The van der Waals surface area contributed by atoms with Crippen molar-refractivity contribution in [3.8, 4) is 17.1 Å². The molecule has 2 heterocycles. The first-order valence-electron chi connectivity index (χ1n) is 9.02. The topological polar surface area (TPSA) is 70.2 Å². The minimum atomic E-state index is -0.345. The molecule has 2 aromatic heterocycles. The lowest BCUT2D eigenvalue weighted by Gasteiger charge is -2.10. The van der Waals surface area contributed by atoms with E-state index in [-0.39, 0.29) is 5.97 Å². The number of methoxy groups -OCH3 is 1. The maximum atomic E-state index is 11.8. The summed E-state index contributed by atoms with van der Waals surface area (Å²) >= 11 is 1.55. The first-order valence-corrected chi connectivity index (χ1v) is 10.0. The van der Waals surface area contributed by atoms with Crippen molar-refractivity contribution in [2.75, 3.05) is 7.11 Å². The van der Waals surface area contributed by atoms with E-state index in [4.69, 9.17) is 9.15 Å². The summed E-state index contributed by atoms with van der Waals surface area (Å²) < 4.78 is 12.3. The van der Waals surface area contributed by atoms with Crippen LogP contribution in [-0.2, 0) is 10.5 Å². The van der Waals surface area contributed by atoms with Gasteiger partial charge >= 0.3 is 5.97 Å². The molecule has 146 valence electrons. The number of esters is 1. The van der Waals surface area contributed by atoms with E-state index in [1.165, 1.54) is 7.11 Å². The van der Waals surface area contributed by atoms with Crippen molar-refractivity contribution in [1.29, 1.82) is 0 Å². The second-order valence-corrected chi connectivity index (χ2v) is 7.29. The summed E-state index contributed by atoms with van der Waals surface area (Å²) in [4.78, 5) is 11.8. The molecule has 0 saturated heterocycles. The van der Waals surface area contributed by atoms with Gasteiger partial charge in [-0.3, -0.25) is 4.57 Å². The molecule has 0 bridgehead atoms. The molecule has 0 radical (unpaired) electrons. The van der Waals surface area contributed by atoms with Crippen LogP contribution >= 0.6 is 11.8 Å². The second-order valence-electron chi connectivity index (χ2n) is 6.35. The maximum absolute atomic E-state index is 11.8. The summed E-state index contributed by atoms with van der Waals surface area (Å²) in [6.45, 7) is 1.91. The number of benzene rings is 2. The van der Waals surface area contributed by atoms with Crippen molar-refractivity contribution in [2.24, 2.45) is 0 Å². The maximum Gasteiger partial charge on any atom is 0.337 e. The van der Waals surface area contributed by atoms with Crippen LogP contribution in [0.2, 0.25) is 0 Å². The van der Waals surface area contributed by atoms with Gasteiger partial charge in [0.1, 0.15) is 5.76 Å². The minimum Gasteiger partial charge on any atom is -0.469 e. The Morgan fingerprint density at radius 3 is 2.66 bits per heavy atom. The van der Waals surface area contributed by atoms with Gasteiger partial charge in [-0.25, -0.2) is 4.79 Å². The zero-order valence-corrected chi connectivity index (χ0v) is 16.8. The number of aryl methyl sites for hydroxylation is 1. The van der Waals surface area contributed by atoms with Crippen LogP contribution in [0.5, 0.6) is 0 Å². The quantitative estimate of drug-likeness (QED) is 0.335. The van der Waals surface area contributed by atoms with Crippen LogP contribution in [0, 0.1) is 6.92 Å². The molecule has 0 aliphatic heterocycles. The van der Waals surface area contributed by atoms with Gasteiger partial charge in [0.25, 0.3) is 0 Å². The first kappa shape index (κ1) is 19.0. The summed E-state index contributed by atoms with van der Waals surface area (Å²) in [6.07, 6.45) is 1.65. The Hall–Kier alpha value is -3.32. The van der Waals surface area contributed by atoms with E-state index < -0.39 is 0 Å². The number of para-hydroxylation sites is 1. The number of rotatable bonds is 6. The van der Waals surface area contributed by atoms with E-state index in [1.807, 2.05) is 66.1 Å². The normalized spacial score (nSPS) is 10.8. The van der Waals surface area contributed by atoms with Crippen molar-refractivity contribution in [1.82, 2.24) is 14.8 Å². The monoisotopic (exact) mass is 405 g/mol. The second kappa shape index (κ2) is 8.36. The third-order valence-corrected chi connectivity index (χ3v) is 5.46. The number of thioether (sulfide) groups is 1. The zero-order chi connectivity index (χ0) is 20.2. The predicted octanol–water partition coefficient (Wildman–Crippen LogP) is 4.91. The number of carbonyl (C=O) groups is 1. The zero-order valence-electron chi connectivity index (χ0n) is 16.0. The van der Waals surface area contributed by atoms with Crippen molar-refractivity contribution in [2.45, 2.75) is 17.8 Å². The Morgan fingerprint density at radius 1 is 1.10 bits per heavy atom. The lowest BCUT2D eigenvalue weighted by molar-refractivity contribution is 0.0600. The highest BCUT2D eigenvalue weighted by Gasteiger charge is 2.19. The van der Waals surface area contributed by atoms with E-state index in [2.05, 4.69) is 10.2 Å². The van der Waals surface area contributed by atoms with Crippen LogP contribution in [0.25, 0.3) is 17.1 Å². The van der Waals surface area contributed by atoms with E-state index >= 15 is 0 Å². The number of aromatic nitrogens is 3. The number of ether oxygens (including phenoxy) is 1. The molecule has 29 heavy (non-hydrogen) atoms. The van der Waals surface area contributed by atoms with Crippen LogP contribution < -0.4 is 0 Å². The summed E-state index contributed by atoms with van der Waals surface area (Å²) in [7, 11) is 1.38. The molecule has 0 N–H and O–H groups in total. The summed E-state index contributed by atoms with van der Waals surface area (Å²) in [6, 6.07) is 19.3. The van der Waals surface area contributed by atoms with Gasteiger partial charge in [-0.15, -0.1) is 10.2 Å². The molecule has 4 aromatic rings. The molecule has 4 rings (SSSR count). The Balaban J connectivity index is 1.67. The average molecular weight is 405 g/mol. The van der Waals surface area contributed by atoms with Gasteiger partial charge in [0.2, 0.25) is 0 Å². The van der Waals surface area contributed by atoms with Gasteiger partial charge in [0.05, 0.1) is 24.5 Å². The third kappa shape index (κ3) is 3.95. The summed E-state index contributed by atoms with van der Waals surface area (Å²) in [5, 5.41) is 9.61. The van der Waals surface area contributed by atoms with Crippen LogP contribution in [0.1, 0.15) is 21.7 Å². The van der Waals surface area contributed by atoms with Crippen LogP contribution in [-0.4, -0.2) is 27.8 Å². The smallest absolute Gasteiger partial charge is 0.337 e. The van der Waals surface area contributed by atoms with Crippen molar-refractivity contribution < 1.29 is 13.9 Å². The highest BCUT2D eigenvalue weighted by atomic mass is 32.2. The Morgan fingerprint density at radius 2 is 1.93 bits per heavy atom. The highest BCUT2D eigenvalue weighted by Crippen LogP contribution is 2.31. The number of hydrogen-bond acceptors (Lipinski definition) is 6. The van der Waals surface area contributed by atoms with Gasteiger partial charge in [-0.1, -0.05) is 42.1 Å². The number of furan rings is 1. The molecule has 0 saturated carbocycles. The van der Waals surface area contributed by atoms with Gasteiger partial charge < -0.3 is 9.15 Å². The Labute approximate surface area is 172 Å². The molecule has 0 unspecified atom stereocenters. The number of carbonyl (C=O) groups excluding carboxylic acids is 1. The summed E-state index contributed by atoms with van der Waals surface area (Å²) in [5.74, 6) is 1.81. The molecule has 0 fully saturated rings. The van der Waals surface area contributed by atoms with Crippen LogP contribution in [0.15, 0.2) is 76.5 Å². The standard InChI is InChI=1S/C22H19N3O3S/c1-15-19(11-12-28-15)20-23-24-22(25(20)18-9-4-3-5-10-18)29-14-16-7-6-8-17(13-16)21(26)27-2/h3-13H,14H2,1-2H3. The fraction of sp³-hybridized carbons (Fsp3) is 0.136. The largest absolute Gasteiger partial charge is 0.469 e. The van der Waals surface area contributed by atoms with Crippen molar-refractivity contribution in [3.63, 3.8) is 0 Å². The lowest BCUT2D eigenvalue weighted by atomic mass is 10.1. The molecule has 0 aliphatic carbocycles. The number of hydrogen-bond donors (Lipinski definition) is 0. The van der Waals surface area contributed by atoms with E-state index in [0.29, 0.717) is 11.3 Å². The predicted molar refractivity (Wildman–Crippen MR) is 111 cm³/mol. The molecule has 7 heteroatoms. The molecule has 0 aliphatic rings. The highest BCUT2D eigenvalue weighted by molar-refractivity contribution is 7.98. The van der Waals surface area contributed by atoms with Crippen molar-refractivity contribution in [3.05, 3.63) is 83.8 Å². The molecule has 0 amide bonds. The van der Waals surface area contributed by atoms with E-state index in [0.717, 1.165) is 33.6 Å². The molecular weight excluding hydrogens is 386 g/mol. The third-order valence-electron chi connectivity index (χ3n) is 4.46. The summed E-state index contributed by atoms with van der Waals surface area (Å²) in [5.41, 5.74) is 3.41. The van der Waals surface area contributed by atoms with Gasteiger partial charge in [0, 0.05) is 11.4 Å². The minimum absolute atomic E-state index is 0.345.